The maximum atomic E-state index is 6.24. The van der Waals surface area contributed by atoms with E-state index in [-0.39, 0.29) is 5.60 Å². The van der Waals surface area contributed by atoms with Crippen molar-refractivity contribution in [2.24, 2.45) is 5.92 Å². The number of ether oxygens (including phenoxy) is 2. The van der Waals surface area contributed by atoms with Crippen LogP contribution in [0.1, 0.15) is 36.6 Å². The van der Waals surface area contributed by atoms with Crippen molar-refractivity contribution >= 4 is 23.1 Å². The highest BCUT2D eigenvalue weighted by molar-refractivity contribution is 7.99. The molecule has 0 radical (unpaired) electrons. The number of thioether (sulfide) groups is 1. The van der Waals surface area contributed by atoms with Gasteiger partial charge in [-0.05, 0) is 61.6 Å². The molecular weight excluding hydrogens is 302 g/mol. The molecule has 1 aromatic rings. The van der Waals surface area contributed by atoms with E-state index < -0.39 is 0 Å². The Kier molecular flexibility index (Phi) is 5.15. The summed E-state index contributed by atoms with van der Waals surface area (Å²) in [6.07, 6.45) is 4.75. The second-order valence-corrected chi connectivity index (χ2v) is 8.19. The molecule has 1 spiro atoms. The molecule has 1 N–H and O–H groups in total. The molecular formula is C16H25NO2S2. The zero-order valence-corrected chi connectivity index (χ0v) is 14.5. The molecule has 2 saturated heterocycles. The number of hydrogen-bond donors (Lipinski definition) is 1. The minimum absolute atomic E-state index is 0.147. The average molecular weight is 328 g/mol. The molecule has 2 fully saturated rings. The third-order valence-electron chi connectivity index (χ3n) is 4.88. The van der Waals surface area contributed by atoms with Gasteiger partial charge in [-0.3, -0.25) is 0 Å². The van der Waals surface area contributed by atoms with E-state index in [2.05, 4.69) is 35.6 Å². The molecule has 3 rings (SSSR count). The second kappa shape index (κ2) is 6.90. The largest absolute Gasteiger partial charge is 0.496 e. The highest BCUT2D eigenvalue weighted by Crippen LogP contribution is 2.45. The lowest BCUT2D eigenvalue weighted by atomic mass is 9.78. The van der Waals surface area contributed by atoms with Gasteiger partial charge < -0.3 is 14.8 Å². The topological polar surface area (TPSA) is 30.5 Å². The number of methoxy groups -OCH3 is 1. The van der Waals surface area contributed by atoms with Crippen LogP contribution in [0.5, 0.6) is 5.75 Å². The van der Waals surface area contributed by atoms with Crippen LogP contribution in [0.25, 0.3) is 0 Å². The van der Waals surface area contributed by atoms with Crippen molar-refractivity contribution in [1.29, 1.82) is 0 Å². The van der Waals surface area contributed by atoms with Crippen LogP contribution in [0.15, 0.2) is 11.4 Å². The molecule has 1 aromatic heterocycles. The van der Waals surface area contributed by atoms with Gasteiger partial charge in [0.05, 0.1) is 17.6 Å². The summed E-state index contributed by atoms with van der Waals surface area (Å²) in [4.78, 5) is 1.34. The lowest BCUT2D eigenvalue weighted by molar-refractivity contribution is -0.107. The Hall–Kier alpha value is -0.230. The molecule has 2 unspecified atom stereocenters. The first-order chi connectivity index (χ1) is 10.3. The smallest absolute Gasteiger partial charge is 0.134 e. The first kappa shape index (κ1) is 15.7. The standard InChI is InChI=1S/C16H25NO2S2/c1-17-14(15-13(18-2)4-8-21-15)12-3-7-19-16(11-12)5-9-20-10-6-16/h4,8,12,14,17H,3,5-7,9-11H2,1-2H3. The van der Waals surface area contributed by atoms with Crippen LogP contribution in [0.2, 0.25) is 0 Å². The van der Waals surface area contributed by atoms with Gasteiger partial charge in [0.2, 0.25) is 0 Å². The SMILES string of the molecule is CNC(c1sccc1OC)C1CCOC2(CCSCC2)C1. The molecule has 0 aliphatic carbocycles. The highest BCUT2D eigenvalue weighted by atomic mass is 32.2. The van der Waals surface area contributed by atoms with Crippen LogP contribution in [0, 0.1) is 5.92 Å². The summed E-state index contributed by atoms with van der Waals surface area (Å²) < 4.78 is 11.8. The zero-order chi connectivity index (χ0) is 14.7. The fraction of sp³-hybridized carbons (Fsp3) is 0.750. The number of nitrogens with one attached hydrogen (secondary N) is 1. The predicted molar refractivity (Wildman–Crippen MR) is 90.6 cm³/mol. The molecule has 5 heteroatoms. The Morgan fingerprint density at radius 2 is 2.24 bits per heavy atom. The van der Waals surface area contributed by atoms with Crippen molar-refractivity contribution in [3.63, 3.8) is 0 Å². The van der Waals surface area contributed by atoms with Gasteiger partial charge in [0, 0.05) is 12.6 Å². The quantitative estimate of drug-likeness (QED) is 0.913. The fourth-order valence-electron chi connectivity index (χ4n) is 3.73. The van der Waals surface area contributed by atoms with Gasteiger partial charge in [-0.1, -0.05) is 0 Å². The highest BCUT2D eigenvalue weighted by Gasteiger charge is 2.41. The molecule has 0 saturated carbocycles. The molecule has 3 heterocycles. The van der Waals surface area contributed by atoms with Gasteiger partial charge in [-0.2, -0.15) is 11.8 Å². The summed E-state index contributed by atoms with van der Waals surface area (Å²) >= 11 is 3.87. The van der Waals surface area contributed by atoms with Gasteiger partial charge in [0.25, 0.3) is 0 Å². The molecule has 2 aliphatic rings. The third-order valence-corrected chi connectivity index (χ3v) is 6.84. The van der Waals surface area contributed by atoms with E-state index >= 15 is 0 Å². The van der Waals surface area contributed by atoms with Gasteiger partial charge in [-0.15, -0.1) is 11.3 Å². The Bertz CT molecular complexity index is 451. The van der Waals surface area contributed by atoms with E-state index in [1.54, 1.807) is 18.4 Å². The summed E-state index contributed by atoms with van der Waals surface area (Å²) in [6, 6.07) is 2.46. The maximum Gasteiger partial charge on any atom is 0.134 e. The lowest BCUT2D eigenvalue weighted by Gasteiger charge is -2.45. The minimum Gasteiger partial charge on any atom is -0.496 e. The molecule has 0 bridgehead atoms. The molecule has 2 aliphatic heterocycles. The van der Waals surface area contributed by atoms with Crippen molar-refractivity contribution < 1.29 is 9.47 Å². The zero-order valence-electron chi connectivity index (χ0n) is 12.9. The van der Waals surface area contributed by atoms with E-state index in [0.29, 0.717) is 12.0 Å². The predicted octanol–water partition coefficient (Wildman–Crippen LogP) is 3.71. The van der Waals surface area contributed by atoms with Crippen molar-refractivity contribution in [2.45, 2.75) is 37.3 Å². The van der Waals surface area contributed by atoms with E-state index in [1.165, 1.54) is 35.6 Å². The van der Waals surface area contributed by atoms with Crippen molar-refractivity contribution in [1.82, 2.24) is 5.32 Å². The number of hydrogen-bond acceptors (Lipinski definition) is 5. The van der Waals surface area contributed by atoms with Gasteiger partial charge in [0.15, 0.2) is 0 Å². The van der Waals surface area contributed by atoms with Gasteiger partial charge in [-0.25, -0.2) is 0 Å². The first-order valence-corrected chi connectivity index (χ1v) is 9.82. The summed E-state index contributed by atoms with van der Waals surface area (Å²) in [5.41, 5.74) is 0.147. The van der Waals surface area contributed by atoms with E-state index in [9.17, 15) is 0 Å². The summed E-state index contributed by atoms with van der Waals surface area (Å²) in [7, 11) is 3.84. The van der Waals surface area contributed by atoms with Crippen LogP contribution >= 0.6 is 23.1 Å². The Morgan fingerprint density at radius 3 is 2.95 bits per heavy atom. The summed E-state index contributed by atoms with van der Waals surface area (Å²) in [5, 5.41) is 5.67. The Morgan fingerprint density at radius 1 is 1.43 bits per heavy atom. The fourth-order valence-corrected chi connectivity index (χ4v) is 6.03. The Labute approximate surface area is 135 Å². The normalized spacial score (nSPS) is 26.7. The van der Waals surface area contributed by atoms with Gasteiger partial charge in [0.1, 0.15) is 5.75 Å². The molecule has 118 valence electrons. The average Bonchev–Trinajstić information content (AvgIpc) is 2.97. The van der Waals surface area contributed by atoms with Crippen molar-refractivity contribution in [3.8, 4) is 5.75 Å². The third kappa shape index (κ3) is 3.26. The molecule has 3 nitrogen and oxygen atoms in total. The monoisotopic (exact) mass is 327 g/mol. The Balaban J connectivity index is 1.77. The van der Waals surface area contributed by atoms with E-state index in [4.69, 9.17) is 9.47 Å². The van der Waals surface area contributed by atoms with Crippen molar-refractivity contribution in [2.75, 3.05) is 32.3 Å². The van der Waals surface area contributed by atoms with E-state index in [1.807, 2.05) is 0 Å². The minimum atomic E-state index is 0.147. The maximum absolute atomic E-state index is 6.24. The summed E-state index contributed by atoms with van der Waals surface area (Å²) in [6.45, 7) is 0.904. The van der Waals surface area contributed by atoms with Crippen LogP contribution in [0.3, 0.4) is 0 Å². The number of thiophene rings is 1. The molecule has 0 amide bonds. The number of rotatable bonds is 4. The molecule has 2 atom stereocenters. The van der Waals surface area contributed by atoms with Crippen LogP contribution in [-0.2, 0) is 4.74 Å². The first-order valence-electron chi connectivity index (χ1n) is 7.78. The van der Waals surface area contributed by atoms with Gasteiger partial charge >= 0.3 is 0 Å². The van der Waals surface area contributed by atoms with Crippen LogP contribution in [-0.4, -0.2) is 37.9 Å². The molecule has 0 aromatic carbocycles. The second-order valence-electron chi connectivity index (χ2n) is 6.02. The molecule has 21 heavy (non-hydrogen) atoms. The van der Waals surface area contributed by atoms with E-state index in [0.717, 1.165) is 18.8 Å². The van der Waals surface area contributed by atoms with Crippen LogP contribution < -0.4 is 10.1 Å². The lowest BCUT2D eigenvalue weighted by Crippen LogP contribution is -2.45. The van der Waals surface area contributed by atoms with Crippen molar-refractivity contribution in [3.05, 3.63) is 16.3 Å². The van der Waals surface area contributed by atoms with Crippen LogP contribution in [0.4, 0.5) is 0 Å². The summed E-state index contributed by atoms with van der Waals surface area (Å²) in [5.74, 6) is 4.16.